The molecule has 1 aliphatic rings. The van der Waals surface area contributed by atoms with Gasteiger partial charge in [0.05, 0.1) is 18.2 Å². The Morgan fingerprint density at radius 3 is 2.71 bits per heavy atom. The molecule has 1 aromatic rings. The second-order valence-electron chi connectivity index (χ2n) is 6.81. The van der Waals surface area contributed by atoms with Crippen LogP contribution in [0.3, 0.4) is 0 Å². The molecule has 0 spiro atoms. The number of ether oxygens (including phenoxy) is 1. The number of amides is 1. The Labute approximate surface area is 149 Å². The van der Waals surface area contributed by atoms with Gasteiger partial charge in [0.1, 0.15) is 0 Å². The van der Waals surface area contributed by atoms with Crippen molar-refractivity contribution in [2.24, 2.45) is 11.7 Å². The number of halogens is 2. The van der Waals surface area contributed by atoms with Gasteiger partial charge in [-0.1, -0.05) is 19.4 Å². The molecule has 1 saturated carbocycles. The zero-order chi connectivity index (χ0) is 17.0. The van der Waals surface area contributed by atoms with Gasteiger partial charge < -0.3 is 15.8 Å². The molecular weight excluding hydrogens is 331 g/mol. The van der Waals surface area contributed by atoms with Crippen LogP contribution in [0.5, 0.6) is 5.75 Å². The number of hydrogen-bond donors (Lipinski definition) is 2. The lowest BCUT2D eigenvalue weighted by Gasteiger charge is -2.25. The van der Waals surface area contributed by atoms with E-state index < -0.39 is 11.4 Å². The molecular formula is C18H28ClFN2O2. The minimum Gasteiger partial charge on any atom is -0.490 e. The highest BCUT2D eigenvalue weighted by Crippen LogP contribution is 2.30. The maximum Gasteiger partial charge on any atom is 0.240 e. The molecule has 0 aliphatic heterocycles. The second kappa shape index (κ2) is 8.67. The van der Waals surface area contributed by atoms with Crippen LogP contribution in [0, 0.1) is 11.7 Å². The van der Waals surface area contributed by atoms with E-state index in [0.717, 1.165) is 6.42 Å². The van der Waals surface area contributed by atoms with Gasteiger partial charge in [-0.2, -0.15) is 0 Å². The molecule has 2 unspecified atom stereocenters. The van der Waals surface area contributed by atoms with Crippen molar-refractivity contribution in [3.8, 4) is 5.75 Å². The van der Waals surface area contributed by atoms with Crippen LogP contribution in [-0.4, -0.2) is 18.1 Å². The summed E-state index contributed by atoms with van der Waals surface area (Å²) >= 11 is 0. The molecule has 1 fully saturated rings. The van der Waals surface area contributed by atoms with E-state index in [9.17, 15) is 9.18 Å². The summed E-state index contributed by atoms with van der Waals surface area (Å²) in [5.41, 5.74) is 5.81. The lowest BCUT2D eigenvalue weighted by atomic mass is 9.95. The van der Waals surface area contributed by atoms with E-state index in [0.29, 0.717) is 24.5 Å². The van der Waals surface area contributed by atoms with Gasteiger partial charge in [-0.25, -0.2) is 4.39 Å². The van der Waals surface area contributed by atoms with Gasteiger partial charge in [-0.15, -0.1) is 12.4 Å². The fourth-order valence-corrected chi connectivity index (χ4v) is 2.47. The van der Waals surface area contributed by atoms with E-state index in [4.69, 9.17) is 10.5 Å². The zero-order valence-electron chi connectivity index (χ0n) is 14.6. The van der Waals surface area contributed by atoms with Gasteiger partial charge in [0.15, 0.2) is 11.6 Å². The predicted octanol–water partition coefficient (Wildman–Crippen LogP) is 3.73. The van der Waals surface area contributed by atoms with E-state index in [1.165, 1.54) is 18.9 Å². The van der Waals surface area contributed by atoms with Crippen molar-refractivity contribution in [1.82, 2.24) is 5.32 Å². The fourth-order valence-electron chi connectivity index (χ4n) is 2.47. The Hall–Kier alpha value is -1.33. The van der Waals surface area contributed by atoms with E-state index >= 15 is 0 Å². The molecule has 1 aromatic carbocycles. The summed E-state index contributed by atoms with van der Waals surface area (Å²) in [6.45, 7) is 6.09. The lowest BCUT2D eigenvalue weighted by Crippen LogP contribution is -2.52. The molecule has 4 nitrogen and oxygen atoms in total. The Balaban J connectivity index is 0.00000288. The van der Waals surface area contributed by atoms with E-state index in [1.54, 1.807) is 19.1 Å². The van der Waals surface area contributed by atoms with Gasteiger partial charge in [-0.3, -0.25) is 4.79 Å². The smallest absolute Gasteiger partial charge is 0.240 e. The standard InChI is InChI=1S/C18H27FN2O2.ClH/c1-4-9-18(3,20)17(22)21-12(2)14-7-8-16(15(19)10-14)23-11-13-5-6-13;/h7-8,10,12-13H,4-6,9,11,20H2,1-3H3,(H,21,22);1H. The van der Waals surface area contributed by atoms with E-state index in [1.807, 2.05) is 13.8 Å². The van der Waals surface area contributed by atoms with Crippen LogP contribution in [-0.2, 0) is 4.79 Å². The first-order chi connectivity index (χ1) is 10.8. The maximum absolute atomic E-state index is 14.1. The van der Waals surface area contributed by atoms with Gasteiger partial charge in [-0.05, 0) is 56.7 Å². The van der Waals surface area contributed by atoms with Crippen LogP contribution in [0.1, 0.15) is 58.1 Å². The number of carbonyl (C=O) groups is 1. The Morgan fingerprint density at radius 1 is 1.50 bits per heavy atom. The largest absolute Gasteiger partial charge is 0.490 e. The third-order valence-corrected chi connectivity index (χ3v) is 4.26. The van der Waals surface area contributed by atoms with Crippen LogP contribution in [0.15, 0.2) is 18.2 Å². The molecule has 0 radical (unpaired) electrons. The minimum absolute atomic E-state index is 0. The number of carbonyl (C=O) groups excluding carboxylic acids is 1. The van der Waals surface area contributed by atoms with Crippen LogP contribution in [0.2, 0.25) is 0 Å². The Bertz CT molecular complexity index is 562. The summed E-state index contributed by atoms with van der Waals surface area (Å²) in [7, 11) is 0. The molecule has 136 valence electrons. The quantitative estimate of drug-likeness (QED) is 0.744. The second-order valence-corrected chi connectivity index (χ2v) is 6.81. The van der Waals surface area contributed by atoms with Crippen LogP contribution in [0.4, 0.5) is 4.39 Å². The molecule has 0 aromatic heterocycles. The van der Waals surface area contributed by atoms with Crippen LogP contribution in [0.25, 0.3) is 0 Å². The highest BCUT2D eigenvalue weighted by Gasteiger charge is 2.28. The summed E-state index contributed by atoms with van der Waals surface area (Å²) < 4.78 is 19.6. The summed E-state index contributed by atoms with van der Waals surface area (Å²) in [5, 5.41) is 2.86. The van der Waals surface area contributed by atoms with Gasteiger partial charge in [0, 0.05) is 0 Å². The number of nitrogens with two attached hydrogens (primary N) is 1. The van der Waals surface area contributed by atoms with E-state index in [2.05, 4.69) is 5.32 Å². The molecule has 2 atom stereocenters. The van der Waals surface area contributed by atoms with E-state index in [-0.39, 0.29) is 30.1 Å². The molecule has 1 aliphatic carbocycles. The molecule has 0 heterocycles. The van der Waals surface area contributed by atoms with Crippen LogP contribution >= 0.6 is 12.4 Å². The van der Waals surface area contributed by atoms with Gasteiger partial charge in [0.25, 0.3) is 0 Å². The molecule has 3 N–H and O–H groups in total. The van der Waals surface area contributed by atoms with Crippen LogP contribution < -0.4 is 15.8 Å². The lowest BCUT2D eigenvalue weighted by molar-refractivity contribution is -0.126. The van der Waals surface area contributed by atoms with Gasteiger partial charge in [0.2, 0.25) is 5.91 Å². The summed E-state index contributed by atoms with van der Waals surface area (Å²) in [4.78, 5) is 12.2. The highest BCUT2D eigenvalue weighted by atomic mass is 35.5. The van der Waals surface area contributed by atoms with Crippen molar-refractivity contribution < 1.29 is 13.9 Å². The number of hydrogen-bond acceptors (Lipinski definition) is 3. The van der Waals surface area contributed by atoms with Crippen molar-refractivity contribution in [2.75, 3.05) is 6.61 Å². The summed E-state index contributed by atoms with van der Waals surface area (Å²) in [6.07, 6.45) is 3.76. The van der Waals surface area contributed by atoms with Crippen molar-refractivity contribution in [1.29, 1.82) is 0 Å². The highest BCUT2D eigenvalue weighted by molar-refractivity contribution is 5.86. The first-order valence-corrected chi connectivity index (χ1v) is 8.35. The van der Waals surface area contributed by atoms with Crippen molar-refractivity contribution in [3.63, 3.8) is 0 Å². The normalized spacial score (nSPS) is 17.4. The van der Waals surface area contributed by atoms with Crippen molar-refractivity contribution in [2.45, 2.75) is 58.0 Å². The Kier molecular flexibility index (Phi) is 7.49. The molecule has 0 saturated heterocycles. The predicted molar refractivity (Wildman–Crippen MR) is 95.9 cm³/mol. The fraction of sp³-hybridized carbons (Fsp3) is 0.611. The first kappa shape index (κ1) is 20.7. The summed E-state index contributed by atoms with van der Waals surface area (Å²) in [5.74, 6) is 0.233. The zero-order valence-corrected chi connectivity index (χ0v) is 15.4. The molecule has 2 rings (SSSR count). The van der Waals surface area contributed by atoms with Gasteiger partial charge >= 0.3 is 0 Å². The number of rotatable bonds is 8. The average molecular weight is 359 g/mol. The molecule has 24 heavy (non-hydrogen) atoms. The molecule has 6 heteroatoms. The SMILES string of the molecule is CCCC(C)(N)C(=O)NC(C)c1ccc(OCC2CC2)c(F)c1.Cl. The Morgan fingerprint density at radius 2 is 2.17 bits per heavy atom. The maximum atomic E-state index is 14.1. The molecule has 1 amide bonds. The third kappa shape index (κ3) is 5.64. The van der Waals surface area contributed by atoms with Crippen molar-refractivity contribution in [3.05, 3.63) is 29.6 Å². The average Bonchev–Trinajstić information content (AvgIpc) is 3.30. The third-order valence-electron chi connectivity index (χ3n) is 4.26. The summed E-state index contributed by atoms with van der Waals surface area (Å²) in [6, 6.07) is 4.52. The minimum atomic E-state index is -0.908. The number of benzene rings is 1. The topological polar surface area (TPSA) is 64.4 Å². The number of nitrogens with one attached hydrogen (secondary N) is 1. The van der Waals surface area contributed by atoms with Crippen molar-refractivity contribution >= 4 is 18.3 Å². The monoisotopic (exact) mass is 358 g/mol. The molecule has 0 bridgehead atoms. The first-order valence-electron chi connectivity index (χ1n) is 8.35.